The molecule has 3 aromatic carbocycles. The van der Waals surface area contributed by atoms with Crippen LogP contribution < -0.4 is 14.9 Å². The van der Waals surface area contributed by atoms with Gasteiger partial charge in [-0.25, -0.2) is 4.98 Å². The lowest BCUT2D eigenvalue weighted by Crippen LogP contribution is -1.99. The Morgan fingerprint density at radius 2 is 1.56 bits per heavy atom. The molecule has 0 aliphatic heterocycles. The topological polar surface area (TPSA) is 55.7 Å². The van der Waals surface area contributed by atoms with E-state index in [0.717, 1.165) is 43.9 Å². The van der Waals surface area contributed by atoms with Crippen LogP contribution in [0.1, 0.15) is 19.4 Å². The molecule has 1 aromatic heterocycles. The fourth-order valence-electron chi connectivity index (χ4n) is 3.26. The van der Waals surface area contributed by atoms with E-state index in [9.17, 15) is 0 Å². The Hall–Kier alpha value is -3.64. The van der Waals surface area contributed by atoms with Crippen LogP contribution in [0.2, 0.25) is 0 Å². The van der Waals surface area contributed by atoms with Crippen LogP contribution >= 0.6 is 11.3 Å². The number of nitrogens with zero attached hydrogens (tertiary/aromatic N) is 2. The highest BCUT2D eigenvalue weighted by Gasteiger charge is 2.14. The van der Waals surface area contributed by atoms with Crippen LogP contribution in [-0.4, -0.2) is 24.4 Å². The van der Waals surface area contributed by atoms with Gasteiger partial charge in [0.1, 0.15) is 11.5 Å². The van der Waals surface area contributed by atoms with Crippen molar-refractivity contribution in [3.63, 3.8) is 0 Å². The number of hydrogen-bond donors (Lipinski definition) is 1. The molecule has 0 atom stereocenters. The molecule has 6 heteroatoms. The maximum atomic E-state index is 5.75. The van der Waals surface area contributed by atoms with E-state index in [1.54, 1.807) is 17.6 Å². The number of anilines is 1. The normalized spacial score (nSPS) is 10.9. The van der Waals surface area contributed by atoms with Crippen molar-refractivity contribution in [3.8, 4) is 33.2 Å². The van der Waals surface area contributed by atoms with Crippen LogP contribution in [0.4, 0.5) is 5.13 Å². The quantitative estimate of drug-likeness (QED) is 0.230. The second-order valence-corrected chi connectivity index (χ2v) is 7.86. The Balaban J connectivity index is 1.60. The summed E-state index contributed by atoms with van der Waals surface area (Å²) in [6, 6.07) is 26.2. The fraction of sp³-hybridized carbons (Fsp3) is 0.154. The van der Waals surface area contributed by atoms with Crippen LogP contribution in [-0.2, 0) is 0 Å². The van der Waals surface area contributed by atoms with Crippen molar-refractivity contribution in [1.82, 2.24) is 4.98 Å². The molecule has 0 spiro atoms. The van der Waals surface area contributed by atoms with E-state index in [1.807, 2.05) is 68.4 Å². The van der Waals surface area contributed by atoms with E-state index in [2.05, 4.69) is 34.8 Å². The van der Waals surface area contributed by atoms with Gasteiger partial charge in [0.25, 0.3) is 0 Å². The molecule has 4 rings (SSSR count). The number of benzene rings is 3. The van der Waals surface area contributed by atoms with E-state index < -0.39 is 0 Å². The first-order valence-electron chi connectivity index (χ1n) is 10.6. The van der Waals surface area contributed by atoms with Crippen LogP contribution in [0.3, 0.4) is 0 Å². The smallest absolute Gasteiger partial charge is 0.204 e. The highest BCUT2D eigenvalue weighted by Crippen LogP contribution is 2.38. The average Bonchev–Trinajstić information content (AvgIpc) is 3.26. The molecule has 1 heterocycles. The zero-order chi connectivity index (χ0) is 22.2. The molecule has 0 aliphatic carbocycles. The number of rotatable bonds is 9. The molecule has 0 aliphatic rings. The molecule has 162 valence electrons. The molecule has 0 fully saturated rings. The second kappa shape index (κ2) is 10.6. The minimum Gasteiger partial charge on any atom is -0.494 e. The van der Waals surface area contributed by atoms with Crippen molar-refractivity contribution in [2.24, 2.45) is 5.10 Å². The summed E-state index contributed by atoms with van der Waals surface area (Å²) in [5.74, 6) is 1.51. The number of nitrogens with one attached hydrogen (secondary N) is 1. The van der Waals surface area contributed by atoms with Crippen LogP contribution in [0.25, 0.3) is 21.7 Å². The standard InChI is InChI=1S/C26H25N3O2S/c1-3-30-22-16-15-21(23(17-22)31-4-2)18-27-29-26-28-24(19-11-7-5-8-12-19)25(32-26)20-13-9-6-10-14-20/h5-18H,3-4H2,1-2H3,(H,28,29)/b27-18-. The minimum absolute atomic E-state index is 0.567. The zero-order valence-corrected chi connectivity index (χ0v) is 18.9. The first kappa shape index (κ1) is 21.6. The molecule has 0 bridgehead atoms. The van der Waals surface area contributed by atoms with Crippen molar-refractivity contribution in [2.75, 3.05) is 18.6 Å². The fourth-order valence-corrected chi connectivity index (χ4v) is 4.20. The largest absolute Gasteiger partial charge is 0.494 e. The number of thiazole rings is 1. The third-order valence-corrected chi connectivity index (χ3v) is 5.68. The summed E-state index contributed by atoms with van der Waals surface area (Å²) in [7, 11) is 0. The summed E-state index contributed by atoms with van der Waals surface area (Å²) in [6.07, 6.45) is 1.74. The van der Waals surface area contributed by atoms with Crippen LogP contribution in [0.5, 0.6) is 11.5 Å². The van der Waals surface area contributed by atoms with Crippen molar-refractivity contribution >= 4 is 22.7 Å². The first-order valence-corrected chi connectivity index (χ1v) is 11.4. The van der Waals surface area contributed by atoms with Gasteiger partial charge in [-0.3, -0.25) is 5.43 Å². The molecule has 1 N–H and O–H groups in total. The summed E-state index contributed by atoms with van der Waals surface area (Å²) in [5, 5.41) is 5.15. The predicted molar refractivity (Wildman–Crippen MR) is 133 cm³/mol. The van der Waals surface area contributed by atoms with Crippen molar-refractivity contribution < 1.29 is 9.47 Å². The van der Waals surface area contributed by atoms with Crippen molar-refractivity contribution in [2.45, 2.75) is 13.8 Å². The van der Waals surface area contributed by atoms with Gasteiger partial charge in [-0.05, 0) is 31.5 Å². The van der Waals surface area contributed by atoms with Gasteiger partial charge in [-0.2, -0.15) is 5.10 Å². The van der Waals surface area contributed by atoms with Gasteiger partial charge in [-0.1, -0.05) is 72.0 Å². The molecule has 4 aromatic rings. The molecule has 0 unspecified atom stereocenters. The summed E-state index contributed by atoms with van der Waals surface area (Å²) in [5.41, 5.74) is 7.10. The van der Waals surface area contributed by atoms with Gasteiger partial charge in [0.15, 0.2) is 0 Å². The van der Waals surface area contributed by atoms with Gasteiger partial charge in [0, 0.05) is 17.2 Å². The predicted octanol–water partition coefficient (Wildman–Crippen LogP) is 6.72. The minimum atomic E-state index is 0.567. The van der Waals surface area contributed by atoms with E-state index in [4.69, 9.17) is 14.5 Å². The molecule has 0 amide bonds. The zero-order valence-electron chi connectivity index (χ0n) is 18.1. The van der Waals surface area contributed by atoms with Gasteiger partial charge in [-0.15, -0.1) is 0 Å². The molecule has 0 radical (unpaired) electrons. The van der Waals surface area contributed by atoms with E-state index in [-0.39, 0.29) is 0 Å². The highest BCUT2D eigenvalue weighted by molar-refractivity contribution is 7.19. The number of ether oxygens (including phenoxy) is 2. The molecular weight excluding hydrogens is 418 g/mol. The monoisotopic (exact) mass is 443 g/mol. The van der Waals surface area contributed by atoms with Crippen LogP contribution in [0, 0.1) is 0 Å². The third kappa shape index (κ3) is 5.15. The van der Waals surface area contributed by atoms with Crippen LogP contribution in [0.15, 0.2) is 84.0 Å². The van der Waals surface area contributed by atoms with Gasteiger partial charge in [0.2, 0.25) is 5.13 Å². The Bertz CT molecular complexity index is 1120. The lowest BCUT2D eigenvalue weighted by Gasteiger charge is -2.09. The molecule has 32 heavy (non-hydrogen) atoms. The third-order valence-electron chi connectivity index (χ3n) is 4.67. The summed E-state index contributed by atoms with van der Waals surface area (Å²) < 4.78 is 11.3. The Labute approximate surface area is 192 Å². The Morgan fingerprint density at radius 1 is 0.875 bits per heavy atom. The Kier molecular flexibility index (Phi) is 7.15. The maximum Gasteiger partial charge on any atom is 0.204 e. The van der Waals surface area contributed by atoms with E-state index in [0.29, 0.717) is 13.2 Å². The van der Waals surface area contributed by atoms with E-state index in [1.165, 1.54) is 0 Å². The van der Waals surface area contributed by atoms with E-state index >= 15 is 0 Å². The summed E-state index contributed by atoms with van der Waals surface area (Å²) in [4.78, 5) is 5.93. The van der Waals surface area contributed by atoms with Crippen molar-refractivity contribution in [1.29, 1.82) is 0 Å². The molecule has 0 saturated carbocycles. The summed E-state index contributed by atoms with van der Waals surface area (Å²) >= 11 is 1.58. The lowest BCUT2D eigenvalue weighted by molar-refractivity contribution is 0.323. The molecular formula is C26H25N3O2S. The number of hydrogen-bond acceptors (Lipinski definition) is 6. The maximum absolute atomic E-state index is 5.75. The van der Waals surface area contributed by atoms with Crippen molar-refractivity contribution in [3.05, 3.63) is 84.4 Å². The van der Waals surface area contributed by atoms with Gasteiger partial charge in [0.05, 0.1) is 30.0 Å². The van der Waals surface area contributed by atoms with Gasteiger partial charge < -0.3 is 9.47 Å². The second-order valence-electron chi connectivity index (χ2n) is 6.86. The Morgan fingerprint density at radius 3 is 2.25 bits per heavy atom. The molecule has 5 nitrogen and oxygen atoms in total. The lowest BCUT2D eigenvalue weighted by atomic mass is 10.1. The van der Waals surface area contributed by atoms with Gasteiger partial charge >= 0.3 is 0 Å². The highest BCUT2D eigenvalue weighted by atomic mass is 32.1. The SMILES string of the molecule is CCOc1ccc(/C=N\Nc2nc(-c3ccccc3)c(-c3ccccc3)s2)c(OCC)c1. The number of hydrazone groups is 1. The first-order chi connectivity index (χ1) is 15.8. The average molecular weight is 444 g/mol. The molecule has 0 saturated heterocycles. The number of aromatic nitrogens is 1. The summed E-state index contributed by atoms with van der Waals surface area (Å²) in [6.45, 7) is 5.09.